The minimum atomic E-state index is -1.17. The quantitative estimate of drug-likeness (QED) is 0.867. The first-order valence-corrected chi connectivity index (χ1v) is 5.71. The van der Waals surface area contributed by atoms with Gasteiger partial charge in [0.15, 0.2) is 6.10 Å². The van der Waals surface area contributed by atoms with E-state index in [-0.39, 0.29) is 0 Å². The highest BCUT2D eigenvalue weighted by molar-refractivity contribution is 9.10. The predicted molar refractivity (Wildman–Crippen MR) is 65.2 cm³/mol. The van der Waals surface area contributed by atoms with Crippen LogP contribution in [-0.4, -0.2) is 24.3 Å². The van der Waals surface area contributed by atoms with Gasteiger partial charge in [-0.15, -0.1) is 0 Å². The number of hydrogen-bond acceptors (Lipinski definition) is 3. The second-order valence-electron chi connectivity index (χ2n) is 4.16. The summed E-state index contributed by atoms with van der Waals surface area (Å²) in [5.41, 5.74) is 0.191. The molecule has 3 nitrogen and oxygen atoms in total. The van der Waals surface area contributed by atoms with E-state index < -0.39 is 17.5 Å². The molecule has 0 aromatic heterocycles. The highest BCUT2D eigenvalue weighted by Gasteiger charge is 2.35. The van der Waals surface area contributed by atoms with Gasteiger partial charge < -0.3 is 9.84 Å². The minimum Gasteiger partial charge on any atom is -0.467 e. The zero-order valence-corrected chi connectivity index (χ0v) is 11.1. The van der Waals surface area contributed by atoms with Gasteiger partial charge in [-0.3, -0.25) is 0 Å². The number of aliphatic hydroxyl groups excluding tert-OH is 1. The fourth-order valence-corrected chi connectivity index (χ4v) is 1.85. The summed E-state index contributed by atoms with van der Waals surface area (Å²) in [5.74, 6) is -0.620. The van der Waals surface area contributed by atoms with Crippen LogP contribution in [0.1, 0.15) is 19.4 Å². The molecule has 1 aromatic rings. The topological polar surface area (TPSA) is 46.5 Å². The number of methoxy groups -OCH3 is 1. The third kappa shape index (κ3) is 2.62. The van der Waals surface area contributed by atoms with Crippen molar-refractivity contribution in [2.75, 3.05) is 7.11 Å². The molecule has 0 amide bonds. The molecule has 0 saturated carbocycles. The van der Waals surface area contributed by atoms with Crippen molar-refractivity contribution < 1.29 is 14.6 Å². The van der Waals surface area contributed by atoms with Crippen molar-refractivity contribution in [1.82, 2.24) is 0 Å². The van der Waals surface area contributed by atoms with Crippen LogP contribution in [0, 0.1) is 0 Å². The zero-order valence-electron chi connectivity index (χ0n) is 9.53. The molecule has 1 N–H and O–H groups in total. The lowest BCUT2D eigenvalue weighted by molar-refractivity contribution is -0.153. The molecule has 0 heterocycles. The summed E-state index contributed by atoms with van der Waals surface area (Å²) >= 11 is 3.36. The molecule has 0 saturated heterocycles. The summed E-state index contributed by atoms with van der Waals surface area (Å²) in [4.78, 5) is 11.3. The van der Waals surface area contributed by atoms with Crippen LogP contribution in [-0.2, 0) is 14.9 Å². The fraction of sp³-hybridized carbons (Fsp3) is 0.417. The van der Waals surface area contributed by atoms with Crippen LogP contribution in [0.3, 0.4) is 0 Å². The fourth-order valence-electron chi connectivity index (χ4n) is 1.45. The van der Waals surface area contributed by atoms with Crippen LogP contribution in [0.5, 0.6) is 0 Å². The van der Waals surface area contributed by atoms with E-state index in [2.05, 4.69) is 20.7 Å². The Hall–Kier alpha value is -0.870. The number of benzene rings is 1. The van der Waals surface area contributed by atoms with Gasteiger partial charge in [0.05, 0.1) is 7.11 Å². The van der Waals surface area contributed by atoms with Gasteiger partial charge in [0, 0.05) is 9.89 Å². The predicted octanol–water partition coefficient (Wildman–Crippen LogP) is 2.26. The maximum Gasteiger partial charge on any atom is 0.335 e. The first-order valence-electron chi connectivity index (χ1n) is 4.91. The van der Waals surface area contributed by atoms with Gasteiger partial charge in [-0.1, -0.05) is 41.9 Å². The molecular formula is C12H15BrO3. The molecule has 1 rings (SSSR count). The number of aliphatic hydroxyl groups is 1. The van der Waals surface area contributed by atoms with Crippen molar-refractivity contribution in [2.45, 2.75) is 25.4 Å². The average molecular weight is 287 g/mol. The highest BCUT2D eigenvalue weighted by Crippen LogP contribution is 2.29. The summed E-state index contributed by atoms with van der Waals surface area (Å²) < 4.78 is 5.46. The van der Waals surface area contributed by atoms with Gasteiger partial charge in [0.25, 0.3) is 0 Å². The molecule has 0 spiro atoms. The van der Waals surface area contributed by atoms with E-state index in [1.54, 1.807) is 13.8 Å². The Morgan fingerprint density at radius 1 is 1.50 bits per heavy atom. The normalized spacial score (nSPS) is 13.3. The highest BCUT2D eigenvalue weighted by atomic mass is 79.9. The van der Waals surface area contributed by atoms with Crippen molar-refractivity contribution in [3.05, 3.63) is 34.3 Å². The maximum absolute atomic E-state index is 11.3. The molecule has 88 valence electrons. The van der Waals surface area contributed by atoms with Gasteiger partial charge in [-0.2, -0.15) is 0 Å². The maximum atomic E-state index is 11.3. The number of ether oxygens (including phenoxy) is 1. The number of carbonyl (C=O) groups excluding carboxylic acids is 1. The first kappa shape index (κ1) is 13.2. The van der Waals surface area contributed by atoms with Crippen LogP contribution < -0.4 is 0 Å². The molecule has 1 aromatic carbocycles. The molecule has 1 atom stereocenters. The van der Waals surface area contributed by atoms with Crippen LogP contribution in [0.15, 0.2) is 28.7 Å². The molecule has 0 aliphatic carbocycles. The molecule has 4 heteroatoms. The minimum absolute atomic E-state index is 0.620. The number of rotatable bonds is 3. The zero-order chi connectivity index (χ0) is 12.3. The lowest BCUT2D eigenvalue weighted by Crippen LogP contribution is -2.40. The van der Waals surface area contributed by atoms with Crippen LogP contribution in [0.25, 0.3) is 0 Å². The van der Waals surface area contributed by atoms with Gasteiger partial charge in [-0.05, 0) is 17.7 Å². The van der Waals surface area contributed by atoms with Gasteiger partial charge in [0.1, 0.15) is 0 Å². The third-order valence-electron chi connectivity index (χ3n) is 2.68. The van der Waals surface area contributed by atoms with Crippen LogP contribution in [0.2, 0.25) is 0 Å². The molecule has 0 bridgehead atoms. The number of halogens is 1. The third-order valence-corrected chi connectivity index (χ3v) is 3.17. The van der Waals surface area contributed by atoms with Gasteiger partial charge >= 0.3 is 5.97 Å². The lowest BCUT2D eigenvalue weighted by Gasteiger charge is -2.29. The molecular weight excluding hydrogens is 272 g/mol. The lowest BCUT2D eigenvalue weighted by atomic mass is 9.79. The summed E-state index contributed by atoms with van der Waals surface area (Å²) in [6.07, 6.45) is -1.17. The average Bonchev–Trinajstić information content (AvgIpc) is 2.27. The Kier molecular flexibility index (Phi) is 4.10. The van der Waals surface area contributed by atoms with Crippen molar-refractivity contribution >= 4 is 21.9 Å². The summed E-state index contributed by atoms with van der Waals surface area (Å²) in [7, 11) is 1.27. The summed E-state index contributed by atoms with van der Waals surface area (Å²) in [5, 5.41) is 9.90. The first-order chi connectivity index (χ1) is 7.39. The van der Waals surface area contributed by atoms with Crippen molar-refractivity contribution in [1.29, 1.82) is 0 Å². The molecule has 0 fully saturated rings. The Labute approximate surface area is 104 Å². The van der Waals surface area contributed by atoms with Crippen LogP contribution >= 0.6 is 15.9 Å². The largest absolute Gasteiger partial charge is 0.467 e. The van der Waals surface area contributed by atoms with E-state index >= 15 is 0 Å². The van der Waals surface area contributed by atoms with Gasteiger partial charge in [0.2, 0.25) is 0 Å². The van der Waals surface area contributed by atoms with Gasteiger partial charge in [-0.25, -0.2) is 4.79 Å². The van der Waals surface area contributed by atoms with E-state index in [1.165, 1.54) is 7.11 Å². The van der Waals surface area contributed by atoms with E-state index in [4.69, 9.17) is 0 Å². The summed E-state index contributed by atoms with van der Waals surface area (Å²) in [6, 6.07) is 7.51. The molecule has 0 aliphatic rings. The number of carbonyl (C=O) groups is 1. The van der Waals surface area contributed by atoms with E-state index in [0.717, 1.165) is 10.0 Å². The summed E-state index contributed by atoms with van der Waals surface area (Å²) in [6.45, 7) is 3.60. The standard InChI is InChI=1S/C12H15BrO3/c1-12(2,10(14)11(15)16-3)8-5-4-6-9(13)7-8/h4-7,10,14H,1-3H3. The Morgan fingerprint density at radius 2 is 2.12 bits per heavy atom. The van der Waals surface area contributed by atoms with E-state index in [9.17, 15) is 9.90 Å². The van der Waals surface area contributed by atoms with Crippen molar-refractivity contribution in [3.8, 4) is 0 Å². The molecule has 0 radical (unpaired) electrons. The van der Waals surface area contributed by atoms with E-state index in [0.29, 0.717) is 0 Å². The monoisotopic (exact) mass is 286 g/mol. The molecule has 1 unspecified atom stereocenters. The smallest absolute Gasteiger partial charge is 0.335 e. The molecule has 16 heavy (non-hydrogen) atoms. The SMILES string of the molecule is COC(=O)C(O)C(C)(C)c1cccc(Br)c1. The van der Waals surface area contributed by atoms with E-state index in [1.807, 2.05) is 24.3 Å². The molecule has 0 aliphatic heterocycles. The Morgan fingerprint density at radius 3 is 2.62 bits per heavy atom. The number of esters is 1. The second kappa shape index (κ2) is 4.97. The Balaban J connectivity index is 3.05. The van der Waals surface area contributed by atoms with Crippen LogP contribution in [0.4, 0.5) is 0 Å². The number of hydrogen-bond donors (Lipinski definition) is 1. The second-order valence-corrected chi connectivity index (χ2v) is 5.07. The van der Waals surface area contributed by atoms with Crippen molar-refractivity contribution in [2.24, 2.45) is 0 Å². The Bertz CT molecular complexity index is 388. The van der Waals surface area contributed by atoms with Crippen molar-refractivity contribution in [3.63, 3.8) is 0 Å².